The molecular formula is C20H19FN6. The minimum atomic E-state index is -0.300. The topological polar surface area (TPSA) is 51.8 Å². The second-order valence-corrected chi connectivity index (χ2v) is 7.10. The lowest BCUT2D eigenvalue weighted by Gasteiger charge is -2.24. The van der Waals surface area contributed by atoms with E-state index >= 15 is 0 Å². The average Bonchev–Trinajstić information content (AvgIpc) is 3.19. The molecule has 2 aromatic heterocycles. The Hall–Kier alpha value is -3.22. The summed E-state index contributed by atoms with van der Waals surface area (Å²) in [5.74, 6) is -0.300. The Balaban J connectivity index is 1.75. The van der Waals surface area contributed by atoms with Crippen LogP contribution in [0.2, 0.25) is 0 Å². The Morgan fingerprint density at radius 1 is 1.19 bits per heavy atom. The van der Waals surface area contributed by atoms with E-state index in [1.165, 1.54) is 12.1 Å². The van der Waals surface area contributed by atoms with E-state index in [1.54, 1.807) is 10.7 Å². The summed E-state index contributed by atoms with van der Waals surface area (Å²) in [5.41, 5.74) is 6.40. The van der Waals surface area contributed by atoms with Crippen LogP contribution in [0.15, 0.2) is 42.9 Å². The van der Waals surface area contributed by atoms with Crippen LogP contribution in [0, 0.1) is 12.7 Å². The zero-order chi connectivity index (χ0) is 18.7. The van der Waals surface area contributed by atoms with Crippen molar-refractivity contribution in [1.82, 2.24) is 29.4 Å². The van der Waals surface area contributed by atoms with Crippen molar-refractivity contribution < 1.29 is 4.39 Å². The van der Waals surface area contributed by atoms with Crippen LogP contribution >= 0.6 is 0 Å². The zero-order valence-electron chi connectivity index (χ0n) is 15.4. The summed E-state index contributed by atoms with van der Waals surface area (Å²) in [4.78, 5) is 6.86. The maximum Gasteiger partial charge on any atom is 0.125 e. The van der Waals surface area contributed by atoms with Crippen molar-refractivity contribution in [3.05, 3.63) is 71.5 Å². The standard InChI is InChI=1S/C20H19FN6/c1-12-8-14(6-7-25(12)3)20-19-10-17-13(2)23-24-27(17)18-9-15(21)4-5-16(18)26(19)11-22-20/h4-9,11-12H,10H2,1-3H3. The van der Waals surface area contributed by atoms with Crippen LogP contribution in [0.1, 0.15) is 29.7 Å². The van der Waals surface area contributed by atoms with Crippen molar-refractivity contribution in [3.63, 3.8) is 0 Å². The molecule has 2 aliphatic heterocycles. The fourth-order valence-corrected chi connectivity index (χ4v) is 3.72. The molecule has 4 heterocycles. The molecule has 0 fully saturated rings. The molecule has 3 aromatic rings. The first-order chi connectivity index (χ1) is 13.0. The van der Waals surface area contributed by atoms with E-state index in [1.807, 2.05) is 17.8 Å². The third kappa shape index (κ3) is 2.34. The Morgan fingerprint density at radius 3 is 2.85 bits per heavy atom. The molecule has 7 heteroatoms. The van der Waals surface area contributed by atoms with Crippen LogP contribution < -0.4 is 0 Å². The average molecular weight is 362 g/mol. The summed E-state index contributed by atoms with van der Waals surface area (Å²) in [5, 5.41) is 8.47. The van der Waals surface area contributed by atoms with Gasteiger partial charge in [-0.15, -0.1) is 5.10 Å². The smallest absolute Gasteiger partial charge is 0.125 e. The van der Waals surface area contributed by atoms with Gasteiger partial charge in [0.1, 0.15) is 12.1 Å². The second kappa shape index (κ2) is 5.64. The minimum absolute atomic E-state index is 0.295. The van der Waals surface area contributed by atoms with Crippen molar-refractivity contribution in [2.45, 2.75) is 26.3 Å². The maximum atomic E-state index is 14.0. The number of hydrogen-bond acceptors (Lipinski definition) is 4. The number of aryl methyl sites for hydroxylation is 1. The summed E-state index contributed by atoms with van der Waals surface area (Å²) < 4.78 is 17.8. The molecule has 2 aliphatic rings. The molecule has 1 aromatic carbocycles. The molecule has 0 amide bonds. The Labute approximate surface area is 156 Å². The van der Waals surface area contributed by atoms with Crippen molar-refractivity contribution >= 4 is 5.57 Å². The fourth-order valence-electron chi connectivity index (χ4n) is 3.72. The van der Waals surface area contributed by atoms with E-state index in [9.17, 15) is 4.39 Å². The summed E-state index contributed by atoms with van der Waals surface area (Å²) in [6.45, 7) is 4.08. The zero-order valence-corrected chi connectivity index (χ0v) is 15.4. The number of fused-ring (bicyclic) bond motifs is 5. The number of allylic oxidation sites excluding steroid dienone is 2. The number of likely N-dealkylation sites (N-methyl/N-ethyl adjacent to an activating group) is 1. The van der Waals surface area contributed by atoms with Crippen molar-refractivity contribution in [3.8, 4) is 11.4 Å². The lowest BCUT2D eigenvalue weighted by molar-refractivity contribution is 0.404. The quantitative estimate of drug-likeness (QED) is 0.522. The highest BCUT2D eigenvalue weighted by Gasteiger charge is 2.26. The first kappa shape index (κ1) is 16.0. The number of imidazole rings is 1. The first-order valence-electron chi connectivity index (χ1n) is 8.93. The highest BCUT2D eigenvalue weighted by atomic mass is 19.1. The molecule has 0 bridgehead atoms. The van der Waals surface area contributed by atoms with Gasteiger partial charge in [-0.05, 0) is 38.3 Å². The van der Waals surface area contributed by atoms with Gasteiger partial charge in [-0.25, -0.2) is 14.1 Å². The molecule has 5 rings (SSSR count). The number of halogens is 1. The number of nitrogens with zero attached hydrogens (tertiary/aromatic N) is 6. The summed E-state index contributed by atoms with van der Waals surface area (Å²) in [6.07, 6.45) is 8.81. The van der Waals surface area contributed by atoms with Gasteiger partial charge in [-0.2, -0.15) is 0 Å². The normalized spacial score (nSPS) is 17.9. The molecule has 0 saturated carbocycles. The van der Waals surface area contributed by atoms with E-state index in [4.69, 9.17) is 4.98 Å². The predicted octanol–water partition coefficient (Wildman–Crippen LogP) is 3.04. The number of rotatable bonds is 1. The van der Waals surface area contributed by atoms with Crippen LogP contribution in [-0.2, 0) is 6.42 Å². The van der Waals surface area contributed by atoms with Gasteiger partial charge in [0, 0.05) is 31.1 Å². The van der Waals surface area contributed by atoms with Gasteiger partial charge in [-0.1, -0.05) is 11.3 Å². The van der Waals surface area contributed by atoms with Crippen LogP contribution in [0.3, 0.4) is 0 Å². The fraction of sp³-hybridized carbons (Fsp3) is 0.250. The molecule has 1 unspecified atom stereocenters. The van der Waals surface area contributed by atoms with Crippen molar-refractivity contribution in [2.24, 2.45) is 0 Å². The molecule has 1 atom stereocenters. The minimum Gasteiger partial charge on any atom is -0.374 e. The highest BCUT2D eigenvalue weighted by Crippen LogP contribution is 2.33. The summed E-state index contributed by atoms with van der Waals surface area (Å²) in [6, 6.07) is 5.03. The van der Waals surface area contributed by atoms with Crippen LogP contribution in [-0.4, -0.2) is 42.5 Å². The van der Waals surface area contributed by atoms with E-state index < -0.39 is 0 Å². The van der Waals surface area contributed by atoms with E-state index in [-0.39, 0.29) is 5.82 Å². The van der Waals surface area contributed by atoms with Gasteiger partial charge >= 0.3 is 0 Å². The summed E-state index contributed by atoms with van der Waals surface area (Å²) >= 11 is 0. The third-order valence-corrected chi connectivity index (χ3v) is 5.41. The lowest BCUT2D eigenvalue weighted by Crippen LogP contribution is -2.24. The Morgan fingerprint density at radius 2 is 2.04 bits per heavy atom. The number of aromatic nitrogens is 5. The van der Waals surface area contributed by atoms with E-state index in [0.717, 1.165) is 34.0 Å². The largest absolute Gasteiger partial charge is 0.374 e. The summed E-state index contributed by atoms with van der Waals surface area (Å²) in [7, 11) is 2.06. The Bertz CT molecular complexity index is 1120. The monoisotopic (exact) mass is 362 g/mol. The van der Waals surface area contributed by atoms with Crippen LogP contribution in [0.4, 0.5) is 4.39 Å². The molecule has 27 heavy (non-hydrogen) atoms. The second-order valence-electron chi connectivity index (χ2n) is 7.10. The molecule has 0 aliphatic carbocycles. The van der Waals surface area contributed by atoms with Gasteiger partial charge in [0.15, 0.2) is 0 Å². The molecule has 0 radical (unpaired) electrons. The van der Waals surface area contributed by atoms with Gasteiger partial charge in [0.2, 0.25) is 0 Å². The van der Waals surface area contributed by atoms with Crippen LogP contribution in [0.5, 0.6) is 0 Å². The van der Waals surface area contributed by atoms with Gasteiger partial charge in [-0.3, -0.25) is 0 Å². The van der Waals surface area contributed by atoms with Gasteiger partial charge in [0.05, 0.1) is 34.2 Å². The molecule has 0 saturated heterocycles. The van der Waals surface area contributed by atoms with Crippen LogP contribution in [0.25, 0.3) is 16.9 Å². The third-order valence-electron chi connectivity index (χ3n) is 5.41. The maximum absolute atomic E-state index is 14.0. The molecule has 6 nitrogen and oxygen atoms in total. The number of hydrogen-bond donors (Lipinski definition) is 0. The number of benzene rings is 1. The molecule has 0 N–H and O–H groups in total. The Kier molecular flexibility index (Phi) is 3.34. The lowest BCUT2D eigenvalue weighted by atomic mass is 10.0. The van der Waals surface area contributed by atoms with Gasteiger partial charge < -0.3 is 9.47 Å². The van der Waals surface area contributed by atoms with E-state index in [0.29, 0.717) is 18.2 Å². The molecule has 0 spiro atoms. The highest BCUT2D eigenvalue weighted by molar-refractivity contribution is 5.75. The SMILES string of the molecule is Cc1nnn2c1Cc1c(C3=CC(C)N(C)C=C3)ncn1-c1ccc(F)cc1-2. The first-order valence-corrected chi connectivity index (χ1v) is 8.93. The molecule has 136 valence electrons. The van der Waals surface area contributed by atoms with Gasteiger partial charge in [0.25, 0.3) is 0 Å². The van der Waals surface area contributed by atoms with Crippen molar-refractivity contribution in [2.75, 3.05) is 7.05 Å². The molecular weight excluding hydrogens is 343 g/mol. The predicted molar refractivity (Wildman–Crippen MR) is 100 cm³/mol. The van der Waals surface area contributed by atoms with E-state index in [2.05, 4.69) is 47.5 Å². The van der Waals surface area contributed by atoms with Crippen molar-refractivity contribution in [1.29, 1.82) is 0 Å².